The van der Waals surface area contributed by atoms with Gasteiger partial charge in [-0.3, -0.25) is 4.79 Å². The van der Waals surface area contributed by atoms with Gasteiger partial charge in [-0.2, -0.15) is 0 Å². The minimum absolute atomic E-state index is 0.0111. The van der Waals surface area contributed by atoms with Crippen LogP contribution in [0, 0.1) is 5.82 Å². The van der Waals surface area contributed by atoms with Crippen LogP contribution in [0.5, 0.6) is 0 Å². The zero-order valence-electron chi connectivity index (χ0n) is 10.7. The summed E-state index contributed by atoms with van der Waals surface area (Å²) in [6, 6.07) is 4.47. The zero-order chi connectivity index (χ0) is 14.0. The van der Waals surface area contributed by atoms with Crippen LogP contribution in [0.15, 0.2) is 22.7 Å². The van der Waals surface area contributed by atoms with Gasteiger partial charge in [-0.15, -0.1) is 11.6 Å². The highest BCUT2D eigenvalue weighted by atomic mass is 79.9. The Morgan fingerprint density at radius 1 is 1.42 bits per heavy atom. The lowest BCUT2D eigenvalue weighted by molar-refractivity contribution is 0.0700. The molecule has 2 atom stereocenters. The van der Waals surface area contributed by atoms with Gasteiger partial charge < -0.3 is 4.90 Å². The highest BCUT2D eigenvalue weighted by Crippen LogP contribution is 2.28. The fourth-order valence-corrected chi connectivity index (χ4v) is 3.18. The van der Waals surface area contributed by atoms with Gasteiger partial charge in [0.1, 0.15) is 5.82 Å². The number of alkyl halides is 1. The number of hydrogen-bond donors (Lipinski definition) is 0. The maximum absolute atomic E-state index is 13.5. The Hall–Kier alpha value is -0.610. The van der Waals surface area contributed by atoms with Gasteiger partial charge in [0.2, 0.25) is 0 Å². The Kier molecular flexibility index (Phi) is 4.85. The molecule has 2 unspecified atom stereocenters. The molecule has 5 heteroatoms. The van der Waals surface area contributed by atoms with E-state index in [1.54, 1.807) is 24.1 Å². The van der Waals surface area contributed by atoms with Crippen LogP contribution < -0.4 is 0 Å². The van der Waals surface area contributed by atoms with Gasteiger partial charge in [0.15, 0.2) is 0 Å². The van der Waals surface area contributed by atoms with Crippen molar-refractivity contribution in [1.82, 2.24) is 4.90 Å². The van der Waals surface area contributed by atoms with Crippen LogP contribution in [0.4, 0.5) is 4.39 Å². The molecular formula is C14H16BrClFNO. The second kappa shape index (κ2) is 6.23. The van der Waals surface area contributed by atoms with Crippen molar-refractivity contribution in [2.24, 2.45) is 0 Å². The first-order chi connectivity index (χ1) is 9.00. The van der Waals surface area contributed by atoms with E-state index in [0.29, 0.717) is 10.0 Å². The monoisotopic (exact) mass is 347 g/mol. The molecular weight excluding hydrogens is 333 g/mol. The SMILES string of the molecule is CN(C(=O)c1ccc(Br)c(F)c1)C1CCCCC1Cl. The van der Waals surface area contributed by atoms with Crippen LogP contribution in [0.25, 0.3) is 0 Å². The lowest BCUT2D eigenvalue weighted by Gasteiger charge is -2.35. The molecule has 0 aromatic heterocycles. The number of rotatable bonds is 2. The Morgan fingerprint density at radius 2 is 2.11 bits per heavy atom. The summed E-state index contributed by atoms with van der Waals surface area (Å²) in [6.07, 6.45) is 4.04. The number of halogens is 3. The molecule has 19 heavy (non-hydrogen) atoms. The average Bonchev–Trinajstić information content (AvgIpc) is 2.41. The van der Waals surface area contributed by atoms with Crippen molar-refractivity contribution >= 4 is 33.4 Å². The first-order valence-electron chi connectivity index (χ1n) is 6.37. The molecule has 0 saturated heterocycles. The van der Waals surface area contributed by atoms with Crippen LogP contribution >= 0.6 is 27.5 Å². The standard InChI is InChI=1S/C14H16BrClFNO/c1-18(13-5-3-2-4-11(13)16)14(19)9-6-7-10(15)12(17)8-9/h6-8,11,13H,2-5H2,1H3. The number of benzene rings is 1. The molecule has 1 saturated carbocycles. The fraction of sp³-hybridized carbons (Fsp3) is 0.500. The minimum atomic E-state index is -0.426. The van der Waals surface area contributed by atoms with Gasteiger partial charge in [-0.1, -0.05) is 12.8 Å². The first kappa shape index (κ1) is 14.8. The maximum Gasteiger partial charge on any atom is 0.253 e. The molecule has 0 radical (unpaired) electrons. The van der Waals surface area contributed by atoms with E-state index in [1.165, 1.54) is 6.07 Å². The summed E-state index contributed by atoms with van der Waals surface area (Å²) in [5, 5.41) is -0.0111. The predicted octanol–water partition coefficient (Wildman–Crippen LogP) is 4.21. The van der Waals surface area contributed by atoms with Crippen LogP contribution in [-0.2, 0) is 0 Å². The van der Waals surface area contributed by atoms with Gasteiger partial charge in [0, 0.05) is 18.7 Å². The van der Waals surface area contributed by atoms with Crippen molar-refractivity contribution in [2.45, 2.75) is 37.1 Å². The van der Waals surface area contributed by atoms with Gasteiger partial charge >= 0.3 is 0 Å². The van der Waals surface area contributed by atoms with Crippen LogP contribution in [0.2, 0.25) is 0 Å². The van der Waals surface area contributed by atoms with Crippen molar-refractivity contribution in [3.8, 4) is 0 Å². The molecule has 0 N–H and O–H groups in total. The Morgan fingerprint density at radius 3 is 2.74 bits per heavy atom. The smallest absolute Gasteiger partial charge is 0.253 e. The molecule has 1 aliphatic rings. The zero-order valence-corrected chi connectivity index (χ0v) is 13.0. The molecule has 2 rings (SSSR count). The normalized spacial score (nSPS) is 23.2. The Bertz CT molecular complexity index is 483. The van der Waals surface area contributed by atoms with Crippen LogP contribution in [-0.4, -0.2) is 29.3 Å². The van der Waals surface area contributed by atoms with E-state index >= 15 is 0 Å². The van der Waals surface area contributed by atoms with Crippen LogP contribution in [0.3, 0.4) is 0 Å². The van der Waals surface area contributed by atoms with Crippen molar-refractivity contribution in [3.63, 3.8) is 0 Å². The molecule has 2 nitrogen and oxygen atoms in total. The highest BCUT2D eigenvalue weighted by molar-refractivity contribution is 9.10. The van der Waals surface area contributed by atoms with E-state index in [2.05, 4.69) is 15.9 Å². The van der Waals surface area contributed by atoms with Gasteiger partial charge in [-0.25, -0.2) is 4.39 Å². The summed E-state index contributed by atoms with van der Waals surface area (Å²) in [7, 11) is 1.74. The largest absolute Gasteiger partial charge is 0.337 e. The maximum atomic E-state index is 13.5. The first-order valence-corrected chi connectivity index (χ1v) is 7.60. The van der Waals surface area contributed by atoms with Crippen LogP contribution in [0.1, 0.15) is 36.0 Å². The number of hydrogen-bond acceptors (Lipinski definition) is 1. The van der Waals surface area contributed by atoms with Gasteiger partial charge in [-0.05, 0) is 47.0 Å². The third kappa shape index (κ3) is 3.29. The van der Waals surface area contributed by atoms with Crippen molar-refractivity contribution in [3.05, 3.63) is 34.1 Å². The minimum Gasteiger partial charge on any atom is -0.337 e. The van der Waals surface area contributed by atoms with Gasteiger partial charge in [0.25, 0.3) is 5.91 Å². The quantitative estimate of drug-likeness (QED) is 0.733. The Balaban J connectivity index is 2.15. The van der Waals surface area contributed by atoms with E-state index in [-0.39, 0.29) is 17.3 Å². The summed E-state index contributed by atoms with van der Waals surface area (Å²) in [5.41, 5.74) is 0.359. The summed E-state index contributed by atoms with van der Waals surface area (Å²) in [4.78, 5) is 14.0. The molecule has 1 aromatic rings. The average molecular weight is 349 g/mol. The highest BCUT2D eigenvalue weighted by Gasteiger charge is 2.30. The third-order valence-corrected chi connectivity index (χ3v) is 4.78. The molecule has 1 aliphatic carbocycles. The topological polar surface area (TPSA) is 20.3 Å². The molecule has 0 bridgehead atoms. The van der Waals surface area contributed by atoms with E-state index < -0.39 is 5.82 Å². The Labute approximate surface area is 126 Å². The molecule has 1 amide bonds. The van der Waals surface area contributed by atoms with E-state index in [9.17, 15) is 9.18 Å². The second-order valence-electron chi connectivity index (χ2n) is 4.91. The number of carbonyl (C=O) groups is 1. The molecule has 1 fully saturated rings. The number of nitrogens with zero attached hydrogens (tertiary/aromatic N) is 1. The summed E-state index contributed by atoms with van der Waals surface area (Å²) in [5.74, 6) is -0.603. The van der Waals surface area contributed by atoms with E-state index in [1.807, 2.05) is 0 Å². The predicted molar refractivity (Wildman–Crippen MR) is 78.1 cm³/mol. The number of carbonyl (C=O) groups excluding carboxylic acids is 1. The summed E-state index contributed by atoms with van der Waals surface area (Å²) in [6.45, 7) is 0. The van der Waals surface area contributed by atoms with E-state index in [4.69, 9.17) is 11.6 Å². The lowest BCUT2D eigenvalue weighted by atomic mass is 9.93. The second-order valence-corrected chi connectivity index (χ2v) is 6.33. The number of amides is 1. The van der Waals surface area contributed by atoms with Crippen molar-refractivity contribution in [2.75, 3.05) is 7.05 Å². The molecule has 0 heterocycles. The summed E-state index contributed by atoms with van der Waals surface area (Å²) >= 11 is 9.37. The lowest BCUT2D eigenvalue weighted by Crippen LogP contribution is -2.44. The molecule has 0 spiro atoms. The molecule has 1 aromatic carbocycles. The molecule has 0 aliphatic heterocycles. The third-order valence-electron chi connectivity index (χ3n) is 3.63. The summed E-state index contributed by atoms with van der Waals surface area (Å²) < 4.78 is 13.8. The van der Waals surface area contributed by atoms with Gasteiger partial charge in [0.05, 0.1) is 9.85 Å². The molecule has 104 valence electrons. The van der Waals surface area contributed by atoms with Crippen molar-refractivity contribution in [1.29, 1.82) is 0 Å². The van der Waals surface area contributed by atoms with Crippen molar-refractivity contribution < 1.29 is 9.18 Å². The fourth-order valence-electron chi connectivity index (χ4n) is 2.49. The van der Waals surface area contributed by atoms with E-state index in [0.717, 1.165) is 25.7 Å².